The Morgan fingerprint density at radius 3 is 2.29 bits per heavy atom. The predicted octanol–water partition coefficient (Wildman–Crippen LogP) is 2.99. The van der Waals surface area contributed by atoms with Crippen LogP contribution >= 0.6 is 15.9 Å². The first-order valence-corrected chi connectivity index (χ1v) is 8.07. The quantitative estimate of drug-likeness (QED) is 0.805. The van der Waals surface area contributed by atoms with Crippen LogP contribution in [0.15, 0.2) is 45.8 Å². The van der Waals surface area contributed by atoms with Gasteiger partial charge < -0.3 is 5.73 Å². The molecule has 0 aliphatic heterocycles. The second-order valence-electron chi connectivity index (χ2n) is 4.20. The molecule has 0 spiro atoms. The second kappa shape index (κ2) is 6.08. The average Bonchev–Trinajstić information content (AvgIpc) is 2.44. The van der Waals surface area contributed by atoms with E-state index in [9.17, 15) is 17.2 Å². The van der Waals surface area contributed by atoms with Crippen molar-refractivity contribution in [2.45, 2.75) is 11.4 Å². The summed E-state index contributed by atoms with van der Waals surface area (Å²) in [7, 11) is -4.00. The number of nitrogens with one attached hydrogen (secondary N) is 1. The molecule has 0 saturated carbocycles. The van der Waals surface area contributed by atoms with Crippen molar-refractivity contribution in [2.24, 2.45) is 5.73 Å². The fraction of sp³-hybridized carbons (Fsp3) is 0.0769. The highest BCUT2D eigenvalue weighted by Crippen LogP contribution is 2.25. The molecule has 0 radical (unpaired) electrons. The molecule has 2 aromatic carbocycles. The molecule has 2 aromatic rings. The summed E-state index contributed by atoms with van der Waals surface area (Å²) in [6.45, 7) is 0.278. The van der Waals surface area contributed by atoms with Crippen molar-refractivity contribution in [3.63, 3.8) is 0 Å². The van der Waals surface area contributed by atoms with Crippen molar-refractivity contribution in [1.82, 2.24) is 0 Å². The Morgan fingerprint density at radius 2 is 1.71 bits per heavy atom. The first-order valence-electron chi connectivity index (χ1n) is 5.80. The van der Waals surface area contributed by atoms with E-state index < -0.39 is 27.3 Å². The lowest BCUT2D eigenvalue weighted by Crippen LogP contribution is -2.14. The van der Waals surface area contributed by atoms with Crippen LogP contribution in [-0.4, -0.2) is 8.42 Å². The summed E-state index contributed by atoms with van der Waals surface area (Å²) in [5.74, 6) is -1.65. The molecule has 2 rings (SSSR count). The monoisotopic (exact) mass is 376 g/mol. The molecule has 0 atom stereocenters. The summed E-state index contributed by atoms with van der Waals surface area (Å²) in [6.07, 6.45) is 0. The molecule has 21 heavy (non-hydrogen) atoms. The van der Waals surface area contributed by atoms with Crippen molar-refractivity contribution >= 4 is 31.6 Å². The molecule has 0 saturated heterocycles. The van der Waals surface area contributed by atoms with Gasteiger partial charge in [0.25, 0.3) is 10.0 Å². The molecule has 0 unspecified atom stereocenters. The normalized spacial score (nSPS) is 11.4. The number of anilines is 1. The maximum Gasteiger partial charge on any atom is 0.261 e. The molecule has 0 amide bonds. The van der Waals surface area contributed by atoms with Crippen molar-refractivity contribution < 1.29 is 17.2 Å². The van der Waals surface area contributed by atoms with Crippen LogP contribution in [-0.2, 0) is 16.6 Å². The maximum absolute atomic E-state index is 13.7. The van der Waals surface area contributed by atoms with Crippen LogP contribution < -0.4 is 10.5 Å². The Morgan fingerprint density at radius 1 is 1.10 bits per heavy atom. The molecule has 0 bridgehead atoms. The standard InChI is InChI=1S/C13H11BrF2N2O2S/c14-10-5-12(16)13(6-11(10)15)18-21(19,20)9-3-1-8(7-17)2-4-9/h1-6,18H,7,17H2. The van der Waals surface area contributed by atoms with Gasteiger partial charge in [-0.05, 0) is 39.7 Å². The maximum atomic E-state index is 13.7. The van der Waals surface area contributed by atoms with E-state index in [4.69, 9.17) is 5.73 Å². The van der Waals surface area contributed by atoms with E-state index in [1.54, 1.807) is 12.1 Å². The molecule has 0 aliphatic rings. The van der Waals surface area contributed by atoms with E-state index in [0.717, 1.165) is 17.7 Å². The Hall–Kier alpha value is -1.51. The van der Waals surface area contributed by atoms with Crippen molar-refractivity contribution in [2.75, 3.05) is 4.72 Å². The minimum Gasteiger partial charge on any atom is -0.326 e. The lowest BCUT2D eigenvalue weighted by Gasteiger charge is -2.10. The first-order chi connectivity index (χ1) is 9.83. The highest BCUT2D eigenvalue weighted by Gasteiger charge is 2.17. The van der Waals surface area contributed by atoms with E-state index >= 15 is 0 Å². The molecule has 8 heteroatoms. The fourth-order valence-electron chi connectivity index (χ4n) is 1.61. The number of nitrogens with two attached hydrogens (primary N) is 1. The predicted molar refractivity (Wildman–Crippen MR) is 79.2 cm³/mol. The molecule has 112 valence electrons. The number of sulfonamides is 1. The van der Waals surface area contributed by atoms with Crippen LogP contribution in [0, 0.1) is 11.6 Å². The van der Waals surface area contributed by atoms with Gasteiger partial charge in [0.2, 0.25) is 0 Å². The number of rotatable bonds is 4. The SMILES string of the molecule is NCc1ccc(S(=O)(=O)Nc2cc(F)c(Br)cc2F)cc1. The van der Waals surface area contributed by atoms with E-state index in [-0.39, 0.29) is 15.9 Å². The summed E-state index contributed by atoms with van der Waals surface area (Å²) in [5, 5.41) is 0. The molecule has 0 heterocycles. The third-order valence-corrected chi connectivity index (χ3v) is 4.71. The lowest BCUT2D eigenvalue weighted by atomic mass is 10.2. The van der Waals surface area contributed by atoms with Crippen LogP contribution in [0.1, 0.15) is 5.56 Å². The van der Waals surface area contributed by atoms with Crippen LogP contribution in [0.5, 0.6) is 0 Å². The van der Waals surface area contributed by atoms with Gasteiger partial charge in [0, 0.05) is 12.6 Å². The summed E-state index contributed by atoms with van der Waals surface area (Å²) < 4.78 is 53.2. The van der Waals surface area contributed by atoms with Crippen LogP contribution in [0.25, 0.3) is 0 Å². The molecule has 3 N–H and O–H groups in total. The summed E-state index contributed by atoms with van der Waals surface area (Å²) in [4.78, 5) is -0.0672. The smallest absolute Gasteiger partial charge is 0.261 e. The molecule has 4 nitrogen and oxygen atoms in total. The highest BCUT2D eigenvalue weighted by atomic mass is 79.9. The van der Waals surface area contributed by atoms with Crippen LogP contribution in [0.2, 0.25) is 0 Å². The summed E-state index contributed by atoms with van der Waals surface area (Å²) >= 11 is 2.82. The van der Waals surface area contributed by atoms with Gasteiger partial charge in [-0.3, -0.25) is 4.72 Å². The Kier molecular flexibility index (Phi) is 4.60. The Labute approximate surface area is 129 Å². The topological polar surface area (TPSA) is 72.2 Å². The van der Waals surface area contributed by atoms with Gasteiger partial charge in [-0.1, -0.05) is 12.1 Å². The van der Waals surface area contributed by atoms with Crippen LogP contribution in [0.4, 0.5) is 14.5 Å². The van der Waals surface area contributed by atoms with Gasteiger partial charge in [-0.25, -0.2) is 17.2 Å². The molecule has 0 aliphatic carbocycles. The van der Waals surface area contributed by atoms with Gasteiger partial charge in [0.1, 0.15) is 11.6 Å². The van der Waals surface area contributed by atoms with E-state index in [2.05, 4.69) is 15.9 Å². The van der Waals surface area contributed by atoms with E-state index in [1.165, 1.54) is 12.1 Å². The zero-order valence-electron chi connectivity index (χ0n) is 10.6. The minimum absolute atomic E-state index is 0.0672. The lowest BCUT2D eigenvalue weighted by molar-refractivity contribution is 0.591. The fourth-order valence-corrected chi connectivity index (χ4v) is 2.98. The van der Waals surface area contributed by atoms with Crippen molar-refractivity contribution in [1.29, 1.82) is 0 Å². The number of hydrogen-bond acceptors (Lipinski definition) is 3. The second-order valence-corrected chi connectivity index (χ2v) is 6.74. The zero-order valence-corrected chi connectivity index (χ0v) is 13.0. The molecule has 0 fully saturated rings. The number of halogens is 3. The summed E-state index contributed by atoms with van der Waals surface area (Å²) in [5.41, 5.74) is 5.72. The van der Waals surface area contributed by atoms with E-state index in [1.807, 2.05) is 4.72 Å². The zero-order chi connectivity index (χ0) is 15.6. The number of hydrogen-bond donors (Lipinski definition) is 2. The molecular weight excluding hydrogens is 366 g/mol. The van der Waals surface area contributed by atoms with E-state index in [0.29, 0.717) is 0 Å². The average molecular weight is 377 g/mol. The first kappa shape index (κ1) is 15.9. The molecular formula is C13H11BrF2N2O2S. The highest BCUT2D eigenvalue weighted by molar-refractivity contribution is 9.10. The minimum atomic E-state index is -4.00. The third kappa shape index (κ3) is 3.58. The number of benzene rings is 2. The van der Waals surface area contributed by atoms with Gasteiger partial charge in [0.05, 0.1) is 15.1 Å². The van der Waals surface area contributed by atoms with Gasteiger partial charge >= 0.3 is 0 Å². The Balaban J connectivity index is 2.34. The largest absolute Gasteiger partial charge is 0.326 e. The van der Waals surface area contributed by atoms with Gasteiger partial charge in [0.15, 0.2) is 0 Å². The Bertz CT molecular complexity index is 764. The molecule has 0 aromatic heterocycles. The van der Waals surface area contributed by atoms with Gasteiger partial charge in [-0.2, -0.15) is 0 Å². The van der Waals surface area contributed by atoms with Crippen molar-refractivity contribution in [3.8, 4) is 0 Å². The van der Waals surface area contributed by atoms with Crippen molar-refractivity contribution in [3.05, 3.63) is 58.1 Å². The van der Waals surface area contributed by atoms with Gasteiger partial charge in [-0.15, -0.1) is 0 Å². The van der Waals surface area contributed by atoms with Crippen LogP contribution in [0.3, 0.4) is 0 Å². The third-order valence-electron chi connectivity index (χ3n) is 2.72. The summed E-state index contributed by atoms with van der Waals surface area (Å²) in [6, 6.07) is 7.41.